The molecule has 7 heteroatoms. The Balaban J connectivity index is 1.27. The molecule has 0 unspecified atom stereocenters. The Kier molecular flexibility index (Phi) is 4.70. The summed E-state index contributed by atoms with van der Waals surface area (Å²) in [6, 6.07) is 8.02. The minimum atomic E-state index is -0.232. The van der Waals surface area contributed by atoms with Crippen molar-refractivity contribution in [1.29, 1.82) is 0 Å². The highest BCUT2D eigenvalue weighted by molar-refractivity contribution is 7.18. The number of hydrogen-bond donors (Lipinski definition) is 0. The molecule has 2 fully saturated rings. The number of allylic oxidation sites excluding steroid dienone is 2. The largest absolute Gasteiger partial charge is 0.333 e. The lowest BCUT2D eigenvalue weighted by Crippen LogP contribution is -2.37. The normalized spacial score (nSPS) is 26.6. The molecule has 6 nitrogen and oxygen atoms in total. The monoisotopic (exact) mass is 409 g/mol. The van der Waals surface area contributed by atoms with Gasteiger partial charge in [0.25, 0.3) is 0 Å². The molecule has 5 rings (SSSR count). The Morgan fingerprint density at radius 1 is 1.10 bits per heavy atom. The number of likely N-dealkylation sites (tertiary alicyclic amines) is 2. The second kappa shape index (κ2) is 7.37. The zero-order valence-electron chi connectivity index (χ0n) is 16.1. The number of benzene rings is 1. The number of carbonyl (C=O) groups excluding carboxylic acids is 3. The molecule has 0 spiro atoms. The summed E-state index contributed by atoms with van der Waals surface area (Å²) in [6.07, 6.45) is 7.26. The van der Waals surface area contributed by atoms with Crippen LogP contribution in [0.4, 0.5) is 0 Å². The van der Waals surface area contributed by atoms with Gasteiger partial charge in [-0.2, -0.15) is 0 Å². The predicted molar refractivity (Wildman–Crippen MR) is 110 cm³/mol. The first-order valence-electron chi connectivity index (χ1n) is 10.3. The van der Waals surface area contributed by atoms with E-state index in [1.165, 1.54) is 4.90 Å². The molecule has 0 saturated carbocycles. The van der Waals surface area contributed by atoms with Crippen LogP contribution in [0.5, 0.6) is 0 Å². The third kappa shape index (κ3) is 3.17. The van der Waals surface area contributed by atoms with E-state index in [4.69, 9.17) is 4.98 Å². The van der Waals surface area contributed by atoms with Crippen LogP contribution in [0.3, 0.4) is 0 Å². The molecule has 3 atom stereocenters. The van der Waals surface area contributed by atoms with Gasteiger partial charge in [-0.15, -0.1) is 11.3 Å². The Hall–Kier alpha value is -2.54. The van der Waals surface area contributed by atoms with Gasteiger partial charge in [0.2, 0.25) is 17.7 Å². The lowest BCUT2D eigenvalue weighted by molar-refractivity contribution is -0.141. The average molecular weight is 410 g/mol. The van der Waals surface area contributed by atoms with Gasteiger partial charge in [0.1, 0.15) is 5.01 Å². The van der Waals surface area contributed by atoms with Crippen molar-refractivity contribution in [2.45, 2.75) is 38.1 Å². The average Bonchev–Trinajstić information content (AvgIpc) is 3.44. The number of fused-ring (bicyclic) bond motifs is 2. The summed E-state index contributed by atoms with van der Waals surface area (Å²) in [5.41, 5.74) is 0.969. The van der Waals surface area contributed by atoms with Crippen molar-refractivity contribution < 1.29 is 14.4 Å². The molecule has 3 aliphatic rings. The van der Waals surface area contributed by atoms with E-state index in [-0.39, 0.29) is 48.6 Å². The Bertz CT molecular complexity index is 955. The van der Waals surface area contributed by atoms with Gasteiger partial charge in [0.15, 0.2) is 0 Å². The molecule has 1 aliphatic carbocycles. The number of imide groups is 1. The van der Waals surface area contributed by atoms with Crippen LogP contribution < -0.4 is 0 Å². The molecule has 150 valence electrons. The van der Waals surface area contributed by atoms with Crippen LogP contribution in [0.2, 0.25) is 0 Å². The number of para-hydroxylation sites is 1. The molecule has 2 aliphatic heterocycles. The highest BCUT2D eigenvalue weighted by atomic mass is 32.1. The highest BCUT2D eigenvalue weighted by Crippen LogP contribution is 2.38. The van der Waals surface area contributed by atoms with Gasteiger partial charge in [0, 0.05) is 19.5 Å². The Labute approximate surface area is 173 Å². The second-order valence-electron chi connectivity index (χ2n) is 8.00. The van der Waals surface area contributed by atoms with E-state index in [1.807, 2.05) is 35.3 Å². The van der Waals surface area contributed by atoms with Gasteiger partial charge >= 0.3 is 0 Å². The molecular weight excluding hydrogens is 386 g/mol. The smallest absolute Gasteiger partial charge is 0.233 e. The number of hydrogen-bond acceptors (Lipinski definition) is 5. The third-order valence-electron chi connectivity index (χ3n) is 6.32. The lowest BCUT2D eigenvalue weighted by atomic mass is 9.85. The van der Waals surface area contributed by atoms with E-state index in [9.17, 15) is 14.4 Å². The van der Waals surface area contributed by atoms with Crippen LogP contribution in [0.1, 0.15) is 43.2 Å². The molecule has 0 radical (unpaired) electrons. The van der Waals surface area contributed by atoms with Crippen molar-refractivity contribution in [2.24, 2.45) is 11.8 Å². The molecular formula is C22H23N3O3S. The van der Waals surface area contributed by atoms with E-state index < -0.39 is 0 Å². The fraction of sp³-hybridized carbons (Fsp3) is 0.455. The Morgan fingerprint density at radius 3 is 2.55 bits per heavy atom. The summed E-state index contributed by atoms with van der Waals surface area (Å²) in [4.78, 5) is 46.1. The van der Waals surface area contributed by atoms with Gasteiger partial charge < -0.3 is 4.90 Å². The van der Waals surface area contributed by atoms with E-state index in [2.05, 4.69) is 6.07 Å². The molecule has 0 bridgehead atoms. The second-order valence-corrected chi connectivity index (χ2v) is 9.06. The van der Waals surface area contributed by atoms with E-state index in [1.54, 1.807) is 11.3 Å². The molecule has 2 aromatic rings. The SMILES string of the molecule is O=C1[C@H]2CC=CC[C@@H]2C(=O)N1CCC(=O)N1CCC[C@H]1c1nc2ccccc2s1. The molecule has 0 N–H and O–H groups in total. The van der Waals surface area contributed by atoms with Gasteiger partial charge in [-0.1, -0.05) is 24.3 Å². The zero-order chi connectivity index (χ0) is 20.0. The molecule has 3 heterocycles. The third-order valence-corrected chi connectivity index (χ3v) is 7.45. The summed E-state index contributed by atoms with van der Waals surface area (Å²) < 4.78 is 1.13. The standard InChI is InChI=1S/C22H23N3O3S/c26-19(11-13-25-21(27)14-6-1-2-7-15(14)22(25)28)24-12-5-9-17(24)20-23-16-8-3-4-10-18(16)29-20/h1-4,8,10,14-15,17H,5-7,9,11-13H2/t14-,15-,17-/m0/s1. The van der Waals surface area contributed by atoms with E-state index in [0.717, 1.165) is 28.1 Å². The van der Waals surface area contributed by atoms with Crippen LogP contribution in [0.15, 0.2) is 36.4 Å². The van der Waals surface area contributed by atoms with Crippen LogP contribution in [-0.4, -0.2) is 45.6 Å². The van der Waals surface area contributed by atoms with Crippen LogP contribution >= 0.6 is 11.3 Å². The molecule has 3 amide bonds. The maximum Gasteiger partial charge on any atom is 0.233 e. The van der Waals surface area contributed by atoms with Crippen LogP contribution in [0, 0.1) is 11.8 Å². The summed E-state index contributed by atoms with van der Waals surface area (Å²) in [6.45, 7) is 0.892. The Morgan fingerprint density at radius 2 is 1.83 bits per heavy atom. The van der Waals surface area contributed by atoms with Crippen LogP contribution in [0.25, 0.3) is 10.2 Å². The maximum absolute atomic E-state index is 13.0. The number of nitrogens with zero attached hydrogens (tertiary/aromatic N) is 3. The number of aromatic nitrogens is 1. The molecule has 2 saturated heterocycles. The summed E-state index contributed by atoms with van der Waals surface area (Å²) in [7, 11) is 0. The summed E-state index contributed by atoms with van der Waals surface area (Å²) >= 11 is 1.64. The lowest BCUT2D eigenvalue weighted by Gasteiger charge is -2.24. The summed E-state index contributed by atoms with van der Waals surface area (Å²) in [5.74, 6) is -0.683. The first-order chi connectivity index (χ1) is 14.1. The van der Waals surface area contributed by atoms with Crippen molar-refractivity contribution in [3.8, 4) is 0 Å². The molecule has 1 aromatic carbocycles. The first-order valence-corrected chi connectivity index (χ1v) is 11.1. The minimum Gasteiger partial charge on any atom is -0.333 e. The van der Waals surface area contributed by atoms with Crippen molar-refractivity contribution in [3.63, 3.8) is 0 Å². The highest BCUT2D eigenvalue weighted by Gasteiger charge is 2.47. The quantitative estimate of drug-likeness (QED) is 0.574. The van der Waals surface area contributed by atoms with Crippen LogP contribution in [-0.2, 0) is 14.4 Å². The zero-order valence-corrected chi connectivity index (χ0v) is 16.9. The van der Waals surface area contributed by atoms with E-state index in [0.29, 0.717) is 19.4 Å². The topological polar surface area (TPSA) is 70.6 Å². The number of carbonyl (C=O) groups is 3. The van der Waals surface area contributed by atoms with Gasteiger partial charge in [-0.25, -0.2) is 4.98 Å². The fourth-order valence-corrected chi connectivity index (χ4v) is 5.91. The van der Waals surface area contributed by atoms with Gasteiger partial charge in [0.05, 0.1) is 28.1 Å². The van der Waals surface area contributed by atoms with Gasteiger partial charge in [-0.05, 0) is 37.8 Å². The van der Waals surface area contributed by atoms with Crippen molar-refractivity contribution >= 4 is 39.3 Å². The van der Waals surface area contributed by atoms with E-state index >= 15 is 0 Å². The molecule has 29 heavy (non-hydrogen) atoms. The number of amides is 3. The summed E-state index contributed by atoms with van der Waals surface area (Å²) in [5, 5.41) is 0.975. The first kappa shape index (κ1) is 18.5. The molecule has 1 aromatic heterocycles. The van der Waals surface area contributed by atoms with Gasteiger partial charge in [-0.3, -0.25) is 19.3 Å². The minimum absolute atomic E-state index is 0.000327. The maximum atomic E-state index is 13.0. The van der Waals surface area contributed by atoms with Crippen molar-refractivity contribution in [3.05, 3.63) is 41.4 Å². The predicted octanol–water partition coefficient (Wildman–Crippen LogP) is 3.30. The van der Waals surface area contributed by atoms with Crippen molar-refractivity contribution in [1.82, 2.24) is 14.8 Å². The number of thiazole rings is 1. The number of rotatable bonds is 4. The fourth-order valence-electron chi connectivity index (χ4n) is 4.79. The van der Waals surface area contributed by atoms with Crippen molar-refractivity contribution in [2.75, 3.05) is 13.1 Å².